The highest BCUT2D eigenvalue weighted by Gasteiger charge is 2.22. The molecule has 0 atom stereocenters. The average molecular weight is 263 g/mol. The van der Waals surface area contributed by atoms with E-state index in [9.17, 15) is 4.79 Å². The van der Waals surface area contributed by atoms with Crippen molar-refractivity contribution in [3.8, 4) is 0 Å². The van der Waals surface area contributed by atoms with Crippen LogP contribution >= 0.6 is 0 Å². The summed E-state index contributed by atoms with van der Waals surface area (Å²) in [6, 6.07) is 2.27. The van der Waals surface area contributed by atoms with Crippen LogP contribution in [0.1, 0.15) is 32.0 Å². The van der Waals surface area contributed by atoms with Gasteiger partial charge in [0.2, 0.25) is 5.91 Å². The van der Waals surface area contributed by atoms with Gasteiger partial charge in [0.05, 0.1) is 0 Å². The third-order valence-corrected chi connectivity index (χ3v) is 2.95. The second-order valence-electron chi connectivity index (χ2n) is 4.68. The quantitative estimate of drug-likeness (QED) is 0.688. The topological polar surface area (TPSA) is 78.9 Å². The first kappa shape index (κ1) is 13.6. The van der Waals surface area contributed by atoms with E-state index in [1.807, 2.05) is 20.0 Å². The molecule has 0 aromatic carbocycles. The van der Waals surface area contributed by atoms with Crippen LogP contribution in [0.5, 0.6) is 0 Å². The zero-order valence-electron chi connectivity index (χ0n) is 11.5. The lowest BCUT2D eigenvalue weighted by atomic mass is 10.3. The van der Waals surface area contributed by atoms with Crippen LogP contribution in [-0.2, 0) is 11.2 Å². The first-order chi connectivity index (χ1) is 9.21. The first-order valence-corrected chi connectivity index (χ1v) is 6.80. The molecule has 1 aromatic heterocycles. The third kappa shape index (κ3) is 4.39. The smallest absolute Gasteiger partial charge is 0.221 e. The second kappa shape index (κ2) is 6.36. The molecule has 1 fully saturated rings. The predicted octanol–water partition coefficient (Wildman–Crippen LogP) is 1.16. The molecule has 0 aliphatic heterocycles. The number of anilines is 2. The number of hydrogen-bond donors (Lipinski definition) is 3. The molecule has 0 spiro atoms. The summed E-state index contributed by atoms with van der Waals surface area (Å²) < 4.78 is 0. The van der Waals surface area contributed by atoms with E-state index in [1.54, 1.807) is 0 Å². The summed E-state index contributed by atoms with van der Waals surface area (Å²) in [6.45, 7) is 2.60. The number of carbonyl (C=O) groups is 1. The molecule has 1 aliphatic rings. The Balaban J connectivity index is 1.82. The van der Waals surface area contributed by atoms with Crippen molar-refractivity contribution < 1.29 is 4.79 Å². The van der Waals surface area contributed by atoms with Gasteiger partial charge in [-0.3, -0.25) is 4.79 Å². The molecule has 2 rings (SSSR count). The molecule has 1 amide bonds. The number of rotatable bonds is 7. The Morgan fingerprint density at radius 2 is 2.11 bits per heavy atom. The fourth-order valence-corrected chi connectivity index (χ4v) is 1.71. The Kier molecular flexibility index (Phi) is 4.54. The molecule has 6 nitrogen and oxygen atoms in total. The summed E-state index contributed by atoms with van der Waals surface area (Å²) in [5, 5.41) is 9.13. The molecule has 19 heavy (non-hydrogen) atoms. The monoisotopic (exact) mass is 263 g/mol. The van der Waals surface area contributed by atoms with E-state index >= 15 is 0 Å². The van der Waals surface area contributed by atoms with Gasteiger partial charge in [-0.2, -0.15) is 0 Å². The van der Waals surface area contributed by atoms with Gasteiger partial charge < -0.3 is 16.0 Å². The highest BCUT2D eigenvalue weighted by atomic mass is 16.1. The standard InChI is InChI=1S/C13H21N5O/c1-3-10-17-11(14-2)8-12(18-10)15-7-6-13(19)16-9-4-5-9/h8-9H,3-7H2,1-2H3,(H,16,19)(H2,14,15,17,18). The number of aromatic nitrogens is 2. The fourth-order valence-electron chi connectivity index (χ4n) is 1.71. The van der Waals surface area contributed by atoms with Crippen LogP contribution < -0.4 is 16.0 Å². The van der Waals surface area contributed by atoms with E-state index < -0.39 is 0 Å². The van der Waals surface area contributed by atoms with Gasteiger partial charge in [-0.25, -0.2) is 9.97 Å². The highest BCUT2D eigenvalue weighted by molar-refractivity contribution is 5.77. The lowest BCUT2D eigenvalue weighted by molar-refractivity contribution is -0.120. The van der Waals surface area contributed by atoms with Crippen LogP contribution in [0.3, 0.4) is 0 Å². The van der Waals surface area contributed by atoms with E-state index in [1.165, 1.54) is 0 Å². The van der Waals surface area contributed by atoms with Crippen LogP contribution in [0.2, 0.25) is 0 Å². The van der Waals surface area contributed by atoms with Gasteiger partial charge in [0.15, 0.2) is 0 Å². The SMILES string of the molecule is CCc1nc(NC)cc(NCCC(=O)NC2CC2)n1. The zero-order valence-corrected chi connectivity index (χ0v) is 11.5. The molecule has 1 aliphatic carbocycles. The van der Waals surface area contributed by atoms with Crippen LogP contribution in [0.15, 0.2) is 6.07 Å². The van der Waals surface area contributed by atoms with Crippen molar-refractivity contribution in [1.82, 2.24) is 15.3 Å². The average Bonchev–Trinajstić information content (AvgIpc) is 3.22. The Labute approximate surface area is 113 Å². The van der Waals surface area contributed by atoms with Crippen molar-refractivity contribution in [3.63, 3.8) is 0 Å². The maximum Gasteiger partial charge on any atom is 0.221 e. The molecule has 3 N–H and O–H groups in total. The van der Waals surface area contributed by atoms with E-state index in [4.69, 9.17) is 0 Å². The number of amides is 1. The van der Waals surface area contributed by atoms with Crippen molar-refractivity contribution in [1.29, 1.82) is 0 Å². The normalized spacial score (nSPS) is 14.0. The minimum absolute atomic E-state index is 0.105. The number of nitrogens with one attached hydrogen (secondary N) is 3. The summed E-state index contributed by atoms with van der Waals surface area (Å²) in [7, 11) is 1.83. The van der Waals surface area contributed by atoms with Crippen LogP contribution in [0.4, 0.5) is 11.6 Å². The molecule has 1 heterocycles. The number of nitrogens with zero attached hydrogens (tertiary/aromatic N) is 2. The molecule has 1 saturated carbocycles. The van der Waals surface area contributed by atoms with Gasteiger partial charge >= 0.3 is 0 Å². The van der Waals surface area contributed by atoms with E-state index in [0.29, 0.717) is 19.0 Å². The van der Waals surface area contributed by atoms with E-state index in [2.05, 4.69) is 25.9 Å². The largest absolute Gasteiger partial charge is 0.373 e. The zero-order chi connectivity index (χ0) is 13.7. The molecular formula is C13H21N5O. The maximum absolute atomic E-state index is 11.5. The summed E-state index contributed by atoms with van der Waals surface area (Å²) in [4.78, 5) is 20.2. The van der Waals surface area contributed by atoms with Gasteiger partial charge in [0.25, 0.3) is 0 Å². The molecule has 104 valence electrons. The van der Waals surface area contributed by atoms with Crippen molar-refractivity contribution in [2.45, 2.75) is 38.6 Å². The molecule has 1 aromatic rings. The molecule has 0 bridgehead atoms. The predicted molar refractivity (Wildman–Crippen MR) is 75.2 cm³/mol. The molecule has 6 heteroatoms. The highest BCUT2D eigenvalue weighted by Crippen LogP contribution is 2.18. The second-order valence-corrected chi connectivity index (χ2v) is 4.68. The van der Waals surface area contributed by atoms with Gasteiger partial charge in [-0.05, 0) is 12.8 Å². The molecule has 0 saturated heterocycles. The Hall–Kier alpha value is -1.85. The minimum atomic E-state index is 0.105. The Bertz CT molecular complexity index is 422. The van der Waals surface area contributed by atoms with Crippen molar-refractivity contribution in [2.75, 3.05) is 24.2 Å². The Morgan fingerprint density at radius 3 is 2.74 bits per heavy atom. The minimum Gasteiger partial charge on any atom is -0.373 e. The lowest BCUT2D eigenvalue weighted by Gasteiger charge is -2.09. The Morgan fingerprint density at radius 1 is 1.37 bits per heavy atom. The summed E-state index contributed by atoms with van der Waals surface area (Å²) in [5.41, 5.74) is 0. The molecule has 0 radical (unpaired) electrons. The van der Waals surface area contributed by atoms with Gasteiger partial charge in [-0.15, -0.1) is 0 Å². The van der Waals surface area contributed by atoms with Gasteiger partial charge in [-0.1, -0.05) is 6.92 Å². The van der Waals surface area contributed by atoms with E-state index in [0.717, 1.165) is 36.7 Å². The number of hydrogen-bond acceptors (Lipinski definition) is 5. The first-order valence-electron chi connectivity index (χ1n) is 6.80. The van der Waals surface area contributed by atoms with Crippen LogP contribution in [0, 0.1) is 0 Å². The molecule has 0 unspecified atom stereocenters. The number of carbonyl (C=O) groups excluding carboxylic acids is 1. The van der Waals surface area contributed by atoms with Crippen molar-refractivity contribution in [2.24, 2.45) is 0 Å². The van der Waals surface area contributed by atoms with Gasteiger partial charge in [0.1, 0.15) is 17.5 Å². The summed E-state index contributed by atoms with van der Waals surface area (Å²) >= 11 is 0. The summed E-state index contributed by atoms with van der Waals surface area (Å²) in [5.74, 6) is 2.44. The van der Waals surface area contributed by atoms with Crippen molar-refractivity contribution >= 4 is 17.5 Å². The third-order valence-electron chi connectivity index (χ3n) is 2.95. The van der Waals surface area contributed by atoms with Crippen LogP contribution in [0.25, 0.3) is 0 Å². The van der Waals surface area contributed by atoms with Gasteiger partial charge in [0, 0.05) is 38.5 Å². The summed E-state index contributed by atoms with van der Waals surface area (Å²) in [6.07, 6.45) is 3.50. The molecular weight excluding hydrogens is 242 g/mol. The van der Waals surface area contributed by atoms with Crippen LogP contribution in [-0.4, -0.2) is 35.5 Å². The fraction of sp³-hybridized carbons (Fsp3) is 0.615. The maximum atomic E-state index is 11.5. The van der Waals surface area contributed by atoms with E-state index in [-0.39, 0.29) is 5.91 Å². The van der Waals surface area contributed by atoms with Crippen molar-refractivity contribution in [3.05, 3.63) is 11.9 Å². The lowest BCUT2D eigenvalue weighted by Crippen LogP contribution is -2.27. The number of aryl methyl sites for hydroxylation is 1.